The lowest BCUT2D eigenvalue weighted by molar-refractivity contribution is -0.142. The van der Waals surface area contributed by atoms with Crippen LogP contribution in [0.15, 0.2) is 0 Å². The van der Waals surface area contributed by atoms with Gasteiger partial charge in [-0.2, -0.15) is 0 Å². The van der Waals surface area contributed by atoms with Crippen molar-refractivity contribution in [1.29, 1.82) is 0 Å². The lowest BCUT2D eigenvalue weighted by Crippen LogP contribution is -2.61. The zero-order chi connectivity index (χ0) is 71.2. The molecule has 8 amide bonds. The topological polar surface area (TPSA) is 479 Å². The van der Waals surface area contributed by atoms with E-state index in [-0.39, 0.29) is 148 Å². The fraction of sp³-hybridized carbons (Fsp3) is 0.875. The minimum absolute atomic E-state index is 0.0495. The number of nitrogens with one attached hydrogen (secondary N) is 8. The molecule has 3 aliphatic carbocycles. The maximum absolute atomic E-state index is 13.9. The number of ether oxygens (including phenoxy) is 7. The number of hydrogen-bond donors (Lipinski definition) is 17. The van der Waals surface area contributed by atoms with Gasteiger partial charge in [-0.25, -0.2) is 0 Å². The van der Waals surface area contributed by atoms with E-state index >= 15 is 0 Å². The number of carbonyl (C=O) groups is 8. The van der Waals surface area contributed by atoms with Gasteiger partial charge in [0.05, 0.1) is 100.0 Å². The van der Waals surface area contributed by atoms with Gasteiger partial charge in [-0.3, -0.25) is 38.4 Å². The number of amides is 8. The van der Waals surface area contributed by atoms with E-state index in [0.29, 0.717) is 32.4 Å². The molecule has 0 bridgehead atoms. The zero-order valence-corrected chi connectivity index (χ0v) is 57.1. The molecule has 556 valence electrons. The predicted octanol–water partition coefficient (Wildman–Crippen LogP) is -3.89. The maximum atomic E-state index is 13.9. The number of aliphatic hydroxyl groups excluding tert-OH is 9. The largest absolute Gasteiger partial charge is 0.396 e. The molecule has 0 aromatic rings. The molecule has 0 heterocycles. The van der Waals surface area contributed by atoms with Crippen LogP contribution in [0.5, 0.6) is 0 Å². The summed E-state index contributed by atoms with van der Waals surface area (Å²) in [4.78, 5) is 102. The molecule has 0 spiro atoms. The number of rotatable bonds is 48. The molecule has 96 heavy (non-hydrogen) atoms. The summed E-state index contributed by atoms with van der Waals surface area (Å²) < 4.78 is 41.8. The molecular formula is C64H116N8O24. The second-order valence-corrected chi connectivity index (χ2v) is 26.3. The Morgan fingerprint density at radius 3 is 1.01 bits per heavy atom. The summed E-state index contributed by atoms with van der Waals surface area (Å²) in [6.45, 7) is 9.07. The SMILES string of the molecule is CC(=O)NC1[C@@H](O)[C@@H](O)C(CO)C[C@H]1OCCCNC(=O)CCOCC(COCCC(=O)NCCCO[C@@H]1CC(CO)[C@H](O)[C@H](O)C1NC(C)=O)(COCCC(=O)NCCCO[C@@H]1CC(CO)[C@H](O)[C@H](O)C1NC(C)=O)NC(=O)CCCC(=O)NCCCCCCOC(C)(C)C. The third kappa shape index (κ3) is 33.3. The summed E-state index contributed by atoms with van der Waals surface area (Å²) >= 11 is 0. The van der Waals surface area contributed by atoms with Gasteiger partial charge in [0.1, 0.15) is 23.9 Å². The number of hydrogen-bond acceptors (Lipinski definition) is 24. The number of aliphatic hydroxyl groups is 9. The van der Waals surface area contributed by atoms with Crippen LogP contribution in [0.3, 0.4) is 0 Å². The van der Waals surface area contributed by atoms with Gasteiger partial charge >= 0.3 is 0 Å². The van der Waals surface area contributed by atoms with Crippen LogP contribution in [-0.4, -0.2) is 289 Å². The maximum Gasteiger partial charge on any atom is 0.222 e. The van der Waals surface area contributed by atoms with Crippen LogP contribution < -0.4 is 42.5 Å². The van der Waals surface area contributed by atoms with Gasteiger partial charge in [0.15, 0.2) is 0 Å². The standard InChI is InChI=1S/C64H116N8O24/c1-40(76)69-54-46(31-43(34-73)57(84)60(54)87)93-24-12-21-66-50(80)17-28-90-37-64(72-53(83)16-11-15-49(79)65-20-9-7-8-10-27-96-63(4,5)6,38-91-29-18-51(81)67-22-13-25-94-47-32-44(35-74)58(85)61(88)55(47)70-41(2)77)39-92-30-19-52(82)68-23-14-26-95-48-33-45(36-75)59(86)62(89)56(48)71-42(3)78/h43-48,54-62,73-75,84-89H,7-39H2,1-6H3,(H,65,79)(H,66,80)(H,67,81)(H,68,82)(H,69,76)(H,70,77)(H,71,78)(H,72,83)/t43?,44?,45?,46-,47-,48-,54?,55?,56?,57+,58+,59+,60-,61-,62-,64?/m1/s1. The van der Waals surface area contributed by atoms with Crippen molar-refractivity contribution in [3.63, 3.8) is 0 Å². The van der Waals surface area contributed by atoms with Crippen molar-refractivity contribution >= 4 is 47.3 Å². The Morgan fingerprint density at radius 1 is 0.375 bits per heavy atom. The average Bonchev–Trinajstić information content (AvgIpc) is 0.831. The van der Waals surface area contributed by atoms with E-state index in [4.69, 9.17) is 33.2 Å². The van der Waals surface area contributed by atoms with Crippen molar-refractivity contribution in [2.45, 2.75) is 228 Å². The van der Waals surface area contributed by atoms with E-state index in [2.05, 4.69) is 42.5 Å². The first kappa shape index (κ1) is 85.3. The Bertz CT molecular complexity index is 2100. The minimum Gasteiger partial charge on any atom is -0.396 e. The van der Waals surface area contributed by atoms with Crippen LogP contribution in [0, 0.1) is 17.8 Å². The van der Waals surface area contributed by atoms with E-state index in [1.54, 1.807) is 0 Å². The Morgan fingerprint density at radius 2 is 0.688 bits per heavy atom. The summed E-state index contributed by atoms with van der Waals surface area (Å²) in [5, 5.41) is 115. The zero-order valence-electron chi connectivity index (χ0n) is 57.1. The van der Waals surface area contributed by atoms with Crippen molar-refractivity contribution in [1.82, 2.24) is 42.5 Å². The quantitative estimate of drug-likeness (QED) is 0.0259. The average molecular weight is 1380 g/mol. The van der Waals surface area contributed by atoms with E-state index in [1.165, 1.54) is 20.8 Å². The van der Waals surface area contributed by atoms with E-state index in [9.17, 15) is 84.3 Å². The molecule has 17 N–H and O–H groups in total. The first-order chi connectivity index (χ1) is 45.6. The normalized spacial score (nSPS) is 26.6. The fourth-order valence-corrected chi connectivity index (χ4v) is 11.6. The van der Waals surface area contributed by atoms with Gasteiger partial charge in [0, 0.05) is 143 Å². The highest BCUT2D eigenvalue weighted by atomic mass is 16.5. The number of unbranched alkanes of at least 4 members (excludes halogenated alkanes) is 3. The lowest BCUT2D eigenvalue weighted by atomic mass is 9.79. The van der Waals surface area contributed by atoms with Crippen LogP contribution in [0.4, 0.5) is 0 Å². The van der Waals surface area contributed by atoms with E-state index in [0.717, 1.165) is 25.7 Å². The van der Waals surface area contributed by atoms with Crippen LogP contribution >= 0.6 is 0 Å². The number of carbonyl (C=O) groups excluding carboxylic acids is 8. The molecule has 0 aliphatic heterocycles. The minimum atomic E-state index is -1.50. The van der Waals surface area contributed by atoms with Crippen molar-refractivity contribution in [2.75, 3.05) is 112 Å². The second kappa shape index (κ2) is 46.5. The molecule has 3 rings (SSSR count). The lowest BCUT2D eigenvalue weighted by Gasteiger charge is -2.42. The third-order valence-corrected chi connectivity index (χ3v) is 16.8. The van der Waals surface area contributed by atoms with Gasteiger partial charge in [-0.1, -0.05) is 12.8 Å². The molecule has 0 saturated heterocycles. The summed E-state index contributed by atoms with van der Waals surface area (Å²) in [7, 11) is 0. The fourth-order valence-electron chi connectivity index (χ4n) is 11.6. The van der Waals surface area contributed by atoms with Gasteiger partial charge in [-0.15, -0.1) is 0 Å². The molecule has 6 unspecified atom stereocenters. The van der Waals surface area contributed by atoms with Crippen molar-refractivity contribution in [3.8, 4) is 0 Å². The second-order valence-electron chi connectivity index (χ2n) is 26.3. The first-order valence-corrected chi connectivity index (χ1v) is 34.0. The monoisotopic (exact) mass is 1380 g/mol. The van der Waals surface area contributed by atoms with Crippen molar-refractivity contribution in [3.05, 3.63) is 0 Å². The smallest absolute Gasteiger partial charge is 0.222 e. The highest BCUT2D eigenvalue weighted by Crippen LogP contribution is 2.31. The predicted molar refractivity (Wildman–Crippen MR) is 345 cm³/mol. The summed E-state index contributed by atoms with van der Waals surface area (Å²) in [5.74, 6) is -5.33. The molecule has 3 aliphatic rings. The summed E-state index contributed by atoms with van der Waals surface area (Å²) in [6, 6.07) is -2.78. The molecule has 32 heteroatoms. The van der Waals surface area contributed by atoms with Crippen LogP contribution in [-0.2, 0) is 71.5 Å². The van der Waals surface area contributed by atoms with E-state index in [1.807, 2.05) is 20.8 Å². The first-order valence-electron chi connectivity index (χ1n) is 34.0. The van der Waals surface area contributed by atoms with E-state index < -0.39 is 158 Å². The van der Waals surface area contributed by atoms with Crippen molar-refractivity contribution in [2.24, 2.45) is 17.8 Å². The summed E-state index contributed by atoms with van der Waals surface area (Å²) in [5.41, 5.74) is -1.71. The molecule has 0 aromatic heterocycles. The molecule has 15 atom stereocenters. The molecule has 0 aromatic carbocycles. The highest BCUT2D eigenvalue weighted by Gasteiger charge is 2.47. The highest BCUT2D eigenvalue weighted by molar-refractivity contribution is 5.80. The Balaban J connectivity index is 1.68. The van der Waals surface area contributed by atoms with Gasteiger partial charge in [0.25, 0.3) is 0 Å². The molecular weight excluding hydrogens is 1260 g/mol. The molecule has 3 fully saturated rings. The Labute approximate surface area is 563 Å². The van der Waals surface area contributed by atoms with Gasteiger partial charge in [0.2, 0.25) is 47.3 Å². The molecule has 0 radical (unpaired) electrons. The Kier molecular flexibility index (Phi) is 41.3. The van der Waals surface area contributed by atoms with Crippen molar-refractivity contribution < 1.29 is 117 Å². The van der Waals surface area contributed by atoms with Crippen LogP contribution in [0.1, 0.15) is 144 Å². The molecule has 32 nitrogen and oxygen atoms in total. The molecule has 3 saturated carbocycles. The van der Waals surface area contributed by atoms with Crippen LogP contribution in [0.25, 0.3) is 0 Å². The van der Waals surface area contributed by atoms with Gasteiger partial charge < -0.3 is 122 Å². The Hall–Kier alpha value is -4.88. The van der Waals surface area contributed by atoms with Gasteiger partial charge in [-0.05, 0) is 78.6 Å². The third-order valence-electron chi connectivity index (χ3n) is 16.8. The van der Waals surface area contributed by atoms with Crippen LogP contribution in [0.2, 0.25) is 0 Å². The summed E-state index contributed by atoms with van der Waals surface area (Å²) in [6.07, 6.45) is -5.53.